The smallest absolute Gasteiger partial charge is 0.270 e. The van der Waals surface area contributed by atoms with E-state index in [0.29, 0.717) is 23.0 Å². The number of hydrogen-bond acceptors (Lipinski definition) is 7. The van der Waals surface area contributed by atoms with E-state index in [1.54, 1.807) is 30.2 Å². The number of nitrogens with zero attached hydrogens (tertiary/aromatic N) is 4. The molecule has 0 aliphatic carbocycles. The molecule has 162 valence electrons. The van der Waals surface area contributed by atoms with Gasteiger partial charge in [0.1, 0.15) is 5.75 Å². The minimum Gasteiger partial charge on any atom is -0.497 e. The van der Waals surface area contributed by atoms with Gasteiger partial charge < -0.3 is 9.64 Å². The zero-order valence-electron chi connectivity index (χ0n) is 17.6. The molecular weight excluding hydrogens is 416 g/mol. The maximum Gasteiger partial charge on any atom is 0.270 e. The van der Waals surface area contributed by atoms with Crippen molar-refractivity contribution in [2.45, 2.75) is 6.42 Å². The molecule has 0 aliphatic heterocycles. The molecule has 0 unspecified atom stereocenters. The van der Waals surface area contributed by atoms with Crippen molar-refractivity contribution in [1.82, 2.24) is 9.88 Å². The lowest BCUT2D eigenvalue weighted by Crippen LogP contribution is -2.32. The molecule has 0 radical (unpaired) electrons. The molecule has 9 heteroatoms. The second-order valence-corrected chi connectivity index (χ2v) is 8.17. The molecule has 0 spiro atoms. The third-order valence-corrected chi connectivity index (χ3v) is 5.63. The zero-order valence-corrected chi connectivity index (χ0v) is 18.5. The number of thiazole rings is 1. The Balaban J connectivity index is 1.86. The Kier molecular flexibility index (Phi) is 7.32. The second-order valence-electron chi connectivity index (χ2n) is 7.16. The molecule has 1 heterocycles. The van der Waals surface area contributed by atoms with Crippen LogP contribution in [0.15, 0.2) is 48.5 Å². The third kappa shape index (κ3) is 5.87. The summed E-state index contributed by atoms with van der Waals surface area (Å²) >= 11 is 1.44. The van der Waals surface area contributed by atoms with Crippen LogP contribution in [0.3, 0.4) is 0 Å². The Labute approximate surface area is 184 Å². The number of nitro benzene ring substituents is 1. The number of aromatic nitrogens is 1. The summed E-state index contributed by atoms with van der Waals surface area (Å²) in [5.74, 6) is 0.483. The lowest BCUT2D eigenvalue weighted by molar-refractivity contribution is -0.384. The molecule has 0 aliphatic rings. The van der Waals surface area contributed by atoms with Crippen molar-refractivity contribution in [1.29, 1.82) is 0 Å². The van der Waals surface area contributed by atoms with Gasteiger partial charge in [0.25, 0.3) is 11.6 Å². The van der Waals surface area contributed by atoms with Gasteiger partial charge in [0.05, 0.1) is 22.2 Å². The van der Waals surface area contributed by atoms with Crippen LogP contribution >= 0.6 is 11.3 Å². The number of rotatable bonds is 9. The fourth-order valence-corrected chi connectivity index (χ4v) is 3.96. The van der Waals surface area contributed by atoms with Crippen molar-refractivity contribution in [3.05, 3.63) is 64.2 Å². The summed E-state index contributed by atoms with van der Waals surface area (Å²) in [5.41, 5.74) is 1.34. The molecule has 2 aromatic carbocycles. The Morgan fingerprint density at radius 1 is 1.23 bits per heavy atom. The third-order valence-electron chi connectivity index (χ3n) is 4.57. The van der Waals surface area contributed by atoms with E-state index in [1.165, 1.54) is 29.5 Å². The number of fused-ring (bicyclic) bond motifs is 1. The molecule has 3 aromatic rings. The van der Waals surface area contributed by atoms with E-state index < -0.39 is 4.92 Å². The first-order valence-electron chi connectivity index (χ1n) is 9.70. The lowest BCUT2D eigenvalue weighted by Gasteiger charge is -2.19. The summed E-state index contributed by atoms with van der Waals surface area (Å²) in [4.78, 5) is 31.9. The van der Waals surface area contributed by atoms with Gasteiger partial charge in [-0.25, -0.2) is 4.98 Å². The van der Waals surface area contributed by atoms with Crippen molar-refractivity contribution >= 4 is 44.4 Å². The van der Waals surface area contributed by atoms with Gasteiger partial charge in [-0.1, -0.05) is 23.5 Å². The number of carbonyl (C=O) groups excluding carboxylic acids is 1. The monoisotopic (exact) mass is 440 g/mol. The van der Waals surface area contributed by atoms with Crippen molar-refractivity contribution < 1.29 is 14.5 Å². The fraction of sp³-hybridized carbons (Fsp3) is 0.273. The first-order valence-corrected chi connectivity index (χ1v) is 10.5. The highest BCUT2D eigenvalue weighted by atomic mass is 32.1. The number of anilines is 1. The first kappa shape index (κ1) is 22.4. The van der Waals surface area contributed by atoms with Gasteiger partial charge in [-0.2, -0.15) is 0 Å². The van der Waals surface area contributed by atoms with Gasteiger partial charge in [-0.3, -0.25) is 19.8 Å². The highest BCUT2D eigenvalue weighted by Gasteiger charge is 2.18. The average Bonchev–Trinajstić information content (AvgIpc) is 3.17. The van der Waals surface area contributed by atoms with Crippen molar-refractivity contribution in [2.75, 3.05) is 39.2 Å². The Morgan fingerprint density at radius 3 is 2.74 bits per heavy atom. The number of non-ortho nitro benzene ring substituents is 1. The summed E-state index contributed by atoms with van der Waals surface area (Å²) < 4.78 is 6.23. The van der Waals surface area contributed by atoms with E-state index >= 15 is 0 Å². The molecule has 0 N–H and O–H groups in total. The van der Waals surface area contributed by atoms with E-state index in [2.05, 4.69) is 9.88 Å². The van der Waals surface area contributed by atoms with Crippen LogP contribution in [0.5, 0.6) is 5.75 Å². The van der Waals surface area contributed by atoms with E-state index in [-0.39, 0.29) is 11.6 Å². The minimum absolute atomic E-state index is 0.0161. The number of ether oxygens (including phenoxy) is 1. The number of carbonyl (C=O) groups is 1. The minimum atomic E-state index is -0.456. The number of benzene rings is 2. The van der Waals surface area contributed by atoms with Gasteiger partial charge in [-0.15, -0.1) is 0 Å². The number of methoxy groups -OCH3 is 1. The summed E-state index contributed by atoms with van der Waals surface area (Å²) in [7, 11) is 5.57. The van der Waals surface area contributed by atoms with Gasteiger partial charge in [-0.05, 0) is 50.8 Å². The van der Waals surface area contributed by atoms with Crippen LogP contribution in [0, 0.1) is 10.1 Å². The molecular formula is C22H24N4O4S. The first-order chi connectivity index (χ1) is 14.9. The molecule has 0 bridgehead atoms. The van der Waals surface area contributed by atoms with Crippen LogP contribution in [0.1, 0.15) is 12.0 Å². The Bertz CT molecular complexity index is 1110. The molecule has 3 rings (SSSR count). The highest BCUT2D eigenvalue weighted by Crippen LogP contribution is 2.31. The number of amides is 1. The maximum atomic E-state index is 13.0. The summed E-state index contributed by atoms with van der Waals surface area (Å²) in [6.45, 7) is 1.34. The molecule has 0 atom stereocenters. The molecule has 31 heavy (non-hydrogen) atoms. The van der Waals surface area contributed by atoms with Crippen LogP contribution in [0.25, 0.3) is 16.3 Å². The maximum absolute atomic E-state index is 13.0. The molecule has 8 nitrogen and oxygen atoms in total. The second kappa shape index (κ2) is 10.1. The average molecular weight is 441 g/mol. The predicted molar refractivity (Wildman–Crippen MR) is 124 cm³/mol. The topological polar surface area (TPSA) is 88.8 Å². The van der Waals surface area contributed by atoms with Crippen LogP contribution in [0.4, 0.5) is 10.8 Å². The van der Waals surface area contributed by atoms with Crippen LogP contribution in [-0.4, -0.2) is 55.0 Å². The lowest BCUT2D eigenvalue weighted by atomic mass is 10.2. The Morgan fingerprint density at radius 2 is 2.03 bits per heavy atom. The molecule has 1 aromatic heterocycles. The predicted octanol–water partition coefficient (Wildman–Crippen LogP) is 4.21. The van der Waals surface area contributed by atoms with Crippen molar-refractivity contribution in [3.63, 3.8) is 0 Å². The van der Waals surface area contributed by atoms with Gasteiger partial charge in [0.2, 0.25) is 0 Å². The largest absolute Gasteiger partial charge is 0.497 e. The number of nitro groups is 1. The molecule has 0 saturated carbocycles. The zero-order chi connectivity index (χ0) is 22.4. The quantitative estimate of drug-likeness (QED) is 0.281. The van der Waals surface area contributed by atoms with Gasteiger partial charge in [0.15, 0.2) is 5.13 Å². The van der Waals surface area contributed by atoms with Gasteiger partial charge >= 0.3 is 0 Å². The van der Waals surface area contributed by atoms with Gasteiger partial charge in [0, 0.05) is 30.8 Å². The molecule has 0 fully saturated rings. The summed E-state index contributed by atoms with van der Waals surface area (Å²) in [6, 6.07) is 11.8. The molecule has 1 amide bonds. The van der Waals surface area contributed by atoms with Crippen molar-refractivity contribution in [2.24, 2.45) is 0 Å². The SMILES string of the molecule is COc1ccc2sc(N(CCCN(C)C)C(=O)/C=C/c3cccc([N+](=O)[O-])c3)nc2c1. The van der Waals surface area contributed by atoms with E-state index in [0.717, 1.165) is 23.2 Å². The van der Waals surface area contributed by atoms with Crippen LogP contribution in [-0.2, 0) is 4.79 Å². The van der Waals surface area contributed by atoms with E-state index in [1.807, 2.05) is 32.3 Å². The summed E-state index contributed by atoms with van der Waals surface area (Å²) in [5, 5.41) is 11.6. The highest BCUT2D eigenvalue weighted by molar-refractivity contribution is 7.22. The Hall–Kier alpha value is -3.30. The normalized spacial score (nSPS) is 11.4. The van der Waals surface area contributed by atoms with E-state index in [9.17, 15) is 14.9 Å². The van der Waals surface area contributed by atoms with Crippen LogP contribution < -0.4 is 9.64 Å². The number of hydrogen-bond donors (Lipinski definition) is 0. The standard InChI is InChI=1S/C22H24N4O4S/c1-24(2)12-5-13-25(22-23-19-15-18(30-3)9-10-20(19)31-22)21(27)11-8-16-6-4-7-17(14-16)26(28)29/h4,6-11,14-15H,5,12-13H2,1-3H3/b11-8+. The van der Waals surface area contributed by atoms with Crippen LogP contribution in [0.2, 0.25) is 0 Å². The molecule has 0 saturated heterocycles. The van der Waals surface area contributed by atoms with E-state index in [4.69, 9.17) is 4.74 Å². The summed E-state index contributed by atoms with van der Waals surface area (Å²) in [6.07, 6.45) is 3.80. The van der Waals surface area contributed by atoms with Crippen molar-refractivity contribution in [3.8, 4) is 5.75 Å². The fourth-order valence-electron chi connectivity index (χ4n) is 2.98.